The van der Waals surface area contributed by atoms with Crippen LogP contribution in [-0.2, 0) is 9.59 Å². The van der Waals surface area contributed by atoms with Gasteiger partial charge in [-0.2, -0.15) is 0 Å². The van der Waals surface area contributed by atoms with Gasteiger partial charge in [-0.15, -0.1) is 0 Å². The number of pyridine rings is 1. The summed E-state index contributed by atoms with van der Waals surface area (Å²) in [5.74, 6) is -1.44. The van der Waals surface area contributed by atoms with Gasteiger partial charge in [0.1, 0.15) is 6.54 Å². The molecule has 1 amide bonds. The van der Waals surface area contributed by atoms with Crippen LogP contribution in [0.3, 0.4) is 0 Å². The lowest BCUT2D eigenvalue weighted by Gasteiger charge is -2.08. The zero-order valence-corrected chi connectivity index (χ0v) is 10.1. The molecule has 0 atom stereocenters. The maximum absolute atomic E-state index is 11.4. The van der Waals surface area contributed by atoms with Crippen molar-refractivity contribution in [2.45, 2.75) is 0 Å². The van der Waals surface area contributed by atoms with E-state index in [0.717, 1.165) is 16.6 Å². The highest BCUT2D eigenvalue weighted by atomic mass is 16.4. The second kappa shape index (κ2) is 5.81. The number of aliphatic carboxylic acids is 1. The predicted octanol–water partition coefficient (Wildman–Crippen LogP) is 0.847. The number of aromatic nitrogens is 1. The zero-order chi connectivity index (χ0) is 13.7. The molecule has 1 heterocycles. The molecule has 0 aliphatic heterocycles. The number of anilines is 1. The number of carbonyl (C=O) groups is 2. The number of amides is 1. The molecule has 2 aromatic rings. The summed E-state index contributed by atoms with van der Waals surface area (Å²) in [6.45, 7) is -0.362. The lowest BCUT2D eigenvalue weighted by molar-refractivity contribution is -0.137. The molecule has 0 aliphatic carbocycles. The Morgan fingerprint density at radius 3 is 2.74 bits per heavy atom. The van der Waals surface area contributed by atoms with Crippen LogP contribution in [-0.4, -0.2) is 35.1 Å². The van der Waals surface area contributed by atoms with Crippen LogP contribution in [0.2, 0.25) is 0 Å². The van der Waals surface area contributed by atoms with Gasteiger partial charge in [0.2, 0.25) is 5.91 Å². The predicted molar refractivity (Wildman–Crippen MR) is 70.9 cm³/mol. The Hall–Kier alpha value is -2.63. The molecule has 0 aliphatic rings. The maximum atomic E-state index is 11.4. The lowest BCUT2D eigenvalue weighted by Crippen LogP contribution is -2.33. The molecule has 0 fully saturated rings. The van der Waals surface area contributed by atoms with Gasteiger partial charge in [0, 0.05) is 17.3 Å². The van der Waals surface area contributed by atoms with E-state index in [-0.39, 0.29) is 19.0 Å². The highest BCUT2D eigenvalue weighted by Crippen LogP contribution is 2.20. The van der Waals surface area contributed by atoms with Crippen molar-refractivity contribution in [1.82, 2.24) is 10.3 Å². The molecule has 2 rings (SSSR count). The number of nitrogens with one attached hydrogen (secondary N) is 2. The molecule has 0 spiro atoms. The van der Waals surface area contributed by atoms with Gasteiger partial charge in [-0.05, 0) is 12.1 Å². The highest BCUT2D eigenvalue weighted by Gasteiger charge is 2.05. The third kappa shape index (κ3) is 3.41. The van der Waals surface area contributed by atoms with E-state index in [1.54, 1.807) is 12.3 Å². The highest BCUT2D eigenvalue weighted by molar-refractivity contribution is 5.93. The smallest absolute Gasteiger partial charge is 0.322 e. The zero-order valence-electron chi connectivity index (χ0n) is 10.1. The van der Waals surface area contributed by atoms with E-state index in [4.69, 9.17) is 5.11 Å². The quantitative estimate of drug-likeness (QED) is 0.740. The molecular formula is C13H13N3O3. The fourth-order valence-electron chi connectivity index (χ4n) is 1.66. The molecule has 0 unspecified atom stereocenters. The summed E-state index contributed by atoms with van der Waals surface area (Å²) < 4.78 is 0. The Balaban J connectivity index is 2.02. The Kier molecular flexibility index (Phi) is 3.92. The van der Waals surface area contributed by atoms with Crippen molar-refractivity contribution in [1.29, 1.82) is 0 Å². The summed E-state index contributed by atoms with van der Waals surface area (Å²) >= 11 is 0. The number of carboxylic acid groups (broad SMARTS) is 1. The average Bonchev–Trinajstić information content (AvgIpc) is 2.42. The van der Waals surface area contributed by atoms with Crippen LogP contribution in [0.5, 0.6) is 0 Å². The first-order chi connectivity index (χ1) is 9.16. The number of rotatable bonds is 5. The van der Waals surface area contributed by atoms with Crippen LogP contribution in [0, 0.1) is 0 Å². The molecule has 0 bridgehead atoms. The first-order valence-corrected chi connectivity index (χ1v) is 5.73. The molecule has 0 saturated heterocycles. The number of carbonyl (C=O) groups excluding carboxylic acids is 1. The van der Waals surface area contributed by atoms with Gasteiger partial charge in [-0.3, -0.25) is 14.6 Å². The lowest BCUT2D eigenvalue weighted by atomic mass is 10.2. The molecule has 0 saturated carbocycles. The number of carboxylic acids is 1. The van der Waals surface area contributed by atoms with Crippen LogP contribution in [0.15, 0.2) is 36.5 Å². The van der Waals surface area contributed by atoms with E-state index in [1.807, 2.05) is 24.3 Å². The molecule has 19 heavy (non-hydrogen) atoms. The molecule has 98 valence electrons. The van der Waals surface area contributed by atoms with E-state index >= 15 is 0 Å². The number of benzene rings is 1. The largest absolute Gasteiger partial charge is 0.480 e. The third-order valence-corrected chi connectivity index (χ3v) is 2.53. The normalized spacial score (nSPS) is 10.1. The van der Waals surface area contributed by atoms with Crippen molar-refractivity contribution in [3.8, 4) is 0 Å². The fourth-order valence-corrected chi connectivity index (χ4v) is 1.66. The first kappa shape index (κ1) is 12.8. The number of para-hydroxylation sites is 1. The van der Waals surface area contributed by atoms with Gasteiger partial charge in [0.05, 0.1) is 12.1 Å². The van der Waals surface area contributed by atoms with E-state index in [0.29, 0.717) is 0 Å². The Labute approximate surface area is 109 Å². The van der Waals surface area contributed by atoms with Crippen LogP contribution in [0.1, 0.15) is 0 Å². The number of fused-ring (bicyclic) bond motifs is 1. The Morgan fingerprint density at radius 1 is 1.16 bits per heavy atom. The van der Waals surface area contributed by atoms with Gasteiger partial charge in [-0.1, -0.05) is 18.2 Å². The molecule has 3 N–H and O–H groups in total. The minimum absolute atomic E-state index is 0.0152. The third-order valence-electron chi connectivity index (χ3n) is 2.53. The molecule has 6 heteroatoms. The molecule has 1 aromatic carbocycles. The van der Waals surface area contributed by atoms with Crippen molar-refractivity contribution in [3.63, 3.8) is 0 Å². The maximum Gasteiger partial charge on any atom is 0.322 e. The molecule has 0 radical (unpaired) electrons. The minimum Gasteiger partial charge on any atom is -0.480 e. The van der Waals surface area contributed by atoms with Crippen molar-refractivity contribution in [2.75, 3.05) is 18.4 Å². The van der Waals surface area contributed by atoms with E-state index in [9.17, 15) is 9.59 Å². The minimum atomic E-state index is -1.07. The topological polar surface area (TPSA) is 91.3 Å². The van der Waals surface area contributed by atoms with Crippen LogP contribution >= 0.6 is 0 Å². The number of nitrogens with zero attached hydrogens (tertiary/aromatic N) is 1. The van der Waals surface area contributed by atoms with Crippen molar-refractivity contribution < 1.29 is 14.7 Å². The van der Waals surface area contributed by atoms with Gasteiger partial charge in [-0.25, -0.2) is 0 Å². The van der Waals surface area contributed by atoms with E-state index < -0.39 is 5.97 Å². The SMILES string of the molecule is O=C(O)CNC(=O)CNc1ccnc2ccccc12. The standard InChI is InChI=1S/C13H13N3O3/c17-12(16-8-13(18)19)7-15-11-5-6-14-10-4-2-1-3-9(10)11/h1-6H,7-8H2,(H,14,15)(H,16,17)(H,18,19). The van der Waals surface area contributed by atoms with Crippen LogP contribution in [0.25, 0.3) is 10.9 Å². The van der Waals surface area contributed by atoms with Crippen LogP contribution < -0.4 is 10.6 Å². The van der Waals surface area contributed by atoms with E-state index in [1.165, 1.54) is 0 Å². The van der Waals surface area contributed by atoms with E-state index in [2.05, 4.69) is 15.6 Å². The summed E-state index contributed by atoms with van der Waals surface area (Å²) in [6, 6.07) is 9.33. The molecule has 6 nitrogen and oxygen atoms in total. The summed E-state index contributed by atoms with van der Waals surface area (Å²) in [5, 5.41) is 14.6. The van der Waals surface area contributed by atoms with Crippen molar-refractivity contribution >= 4 is 28.5 Å². The van der Waals surface area contributed by atoms with Crippen LogP contribution in [0.4, 0.5) is 5.69 Å². The van der Waals surface area contributed by atoms with Gasteiger partial charge in [0.15, 0.2) is 0 Å². The monoisotopic (exact) mass is 259 g/mol. The number of hydrogen-bond donors (Lipinski definition) is 3. The van der Waals surface area contributed by atoms with Crippen molar-refractivity contribution in [2.24, 2.45) is 0 Å². The summed E-state index contributed by atoms with van der Waals surface area (Å²) in [4.78, 5) is 25.9. The van der Waals surface area contributed by atoms with Gasteiger partial charge < -0.3 is 15.7 Å². The molecule has 1 aromatic heterocycles. The fraction of sp³-hybridized carbons (Fsp3) is 0.154. The average molecular weight is 259 g/mol. The van der Waals surface area contributed by atoms with Crippen molar-refractivity contribution in [3.05, 3.63) is 36.5 Å². The molecular weight excluding hydrogens is 246 g/mol. The Bertz CT molecular complexity index is 608. The first-order valence-electron chi connectivity index (χ1n) is 5.73. The summed E-state index contributed by atoms with van der Waals surface area (Å²) in [6.07, 6.45) is 1.65. The Morgan fingerprint density at radius 2 is 1.95 bits per heavy atom. The second-order valence-electron chi connectivity index (χ2n) is 3.90. The second-order valence-corrected chi connectivity index (χ2v) is 3.90. The van der Waals surface area contributed by atoms with Gasteiger partial charge in [0.25, 0.3) is 0 Å². The summed E-state index contributed by atoms with van der Waals surface area (Å²) in [5.41, 5.74) is 1.62. The summed E-state index contributed by atoms with van der Waals surface area (Å²) in [7, 11) is 0. The number of hydrogen-bond acceptors (Lipinski definition) is 4. The van der Waals surface area contributed by atoms with Gasteiger partial charge >= 0.3 is 5.97 Å².